The summed E-state index contributed by atoms with van der Waals surface area (Å²) in [6, 6.07) is 9.16. The summed E-state index contributed by atoms with van der Waals surface area (Å²) in [7, 11) is 0. The number of benzene rings is 1. The molecule has 0 aliphatic heterocycles. The molecule has 1 aromatic carbocycles. The van der Waals surface area contributed by atoms with Gasteiger partial charge in [0.15, 0.2) is 0 Å². The van der Waals surface area contributed by atoms with Crippen molar-refractivity contribution in [3.8, 4) is 0 Å². The summed E-state index contributed by atoms with van der Waals surface area (Å²) >= 11 is 5.75. The second kappa shape index (κ2) is 8.79. The summed E-state index contributed by atoms with van der Waals surface area (Å²) in [6.07, 6.45) is 1.38. The fourth-order valence-corrected chi connectivity index (χ4v) is 2.02. The zero-order valence-electron chi connectivity index (χ0n) is 13.4. The van der Waals surface area contributed by atoms with E-state index in [2.05, 4.69) is 15.6 Å². The molecular formula is C17H16ClN3O4. The summed E-state index contributed by atoms with van der Waals surface area (Å²) in [5, 5.41) is 5.50. The van der Waals surface area contributed by atoms with Crippen molar-refractivity contribution in [2.45, 2.75) is 6.92 Å². The predicted molar refractivity (Wildman–Crippen MR) is 92.6 cm³/mol. The van der Waals surface area contributed by atoms with Crippen LogP contribution in [0, 0.1) is 0 Å². The number of rotatable bonds is 6. The summed E-state index contributed by atoms with van der Waals surface area (Å²) in [5.41, 5.74) is 0.664. The molecule has 25 heavy (non-hydrogen) atoms. The van der Waals surface area contributed by atoms with Crippen LogP contribution in [0.15, 0.2) is 42.6 Å². The molecule has 0 saturated carbocycles. The fourth-order valence-electron chi connectivity index (χ4n) is 1.89. The Morgan fingerprint density at radius 2 is 1.84 bits per heavy atom. The maximum Gasteiger partial charge on any atom is 0.338 e. The first-order valence-electron chi connectivity index (χ1n) is 7.46. The van der Waals surface area contributed by atoms with E-state index in [1.807, 2.05) is 0 Å². The van der Waals surface area contributed by atoms with Gasteiger partial charge in [0.05, 0.1) is 18.7 Å². The number of amides is 2. The van der Waals surface area contributed by atoms with Gasteiger partial charge in [-0.05, 0) is 43.3 Å². The van der Waals surface area contributed by atoms with Crippen molar-refractivity contribution in [3.05, 3.63) is 58.7 Å². The summed E-state index contributed by atoms with van der Waals surface area (Å²) in [5.74, 6) is -1.19. The van der Waals surface area contributed by atoms with Gasteiger partial charge in [-0.15, -0.1) is 0 Å². The Labute approximate surface area is 149 Å². The van der Waals surface area contributed by atoms with Gasteiger partial charge < -0.3 is 15.4 Å². The number of hydrogen-bond donors (Lipinski definition) is 2. The number of halogens is 1. The largest absolute Gasteiger partial charge is 0.462 e. The third-order valence-corrected chi connectivity index (χ3v) is 3.31. The molecule has 2 N–H and O–H groups in total. The minimum atomic E-state index is -0.503. The van der Waals surface area contributed by atoms with Gasteiger partial charge in [0.1, 0.15) is 5.82 Å². The van der Waals surface area contributed by atoms with Gasteiger partial charge in [-0.25, -0.2) is 9.78 Å². The smallest absolute Gasteiger partial charge is 0.338 e. The molecule has 0 bridgehead atoms. The van der Waals surface area contributed by atoms with Crippen LogP contribution >= 0.6 is 11.6 Å². The molecule has 0 radical (unpaired) electrons. The molecule has 0 atom stereocenters. The molecule has 8 heteroatoms. The third-order valence-electron chi connectivity index (χ3n) is 3.05. The van der Waals surface area contributed by atoms with Crippen LogP contribution in [0.25, 0.3) is 0 Å². The predicted octanol–water partition coefficient (Wildman–Crippen LogP) is 2.28. The number of anilines is 1. The second-order valence-corrected chi connectivity index (χ2v) is 5.32. The van der Waals surface area contributed by atoms with E-state index in [1.54, 1.807) is 31.2 Å². The van der Waals surface area contributed by atoms with Gasteiger partial charge in [0.25, 0.3) is 5.91 Å². The molecule has 0 fully saturated rings. The first-order chi connectivity index (χ1) is 12.0. The monoisotopic (exact) mass is 361 g/mol. The Morgan fingerprint density at radius 3 is 2.52 bits per heavy atom. The SMILES string of the molecule is CCOC(=O)c1ccnc(NC(=O)CNC(=O)c2ccc(Cl)cc2)c1. The molecular weight excluding hydrogens is 346 g/mol. The van der Waals surface area contributed by atoms with E-state index in [4.69, 9.17) is 16.3 Å². The molecule has 0 aliphatic rings. The highest BCUT2D eigenvalue weighted by Gasteiger charge is 2.11. The quantitative estimate of drug-likeness (QED) is 0.769. The van der Waals surface area contributed by atoms with Crippen molar-refractivity contribution in [2.24, 2.45) is 0 Å². The lowest BCUT2D eigenvalue weighted by molar-refractivity contribution is -0.115. The van der Waals surface area contributed by atoms with Crippen molar-refractivity contribution < 1.29 is 19.1 Å². The summed E-state index contributed by atoms with van der Waals surface area (Å²) < 4.78 is 4.88. The number of ether oxygens (including phenoxy) is 1. The van der Waals surface area contributed by atoms with E-state index in [1.165, 1.54) is 18.3 Å². The van der Waals surface area contributed by atoms with E-state index in [9.17, 15) is 14.4 Å². The van der Waals surface area contributed by atoms with Crippen LogP contribution in [0.4, 0.5) is 5.82 Å². The molecule has 1 heterocycles. The maximum absolute atomic E-state index is 11.9. The standard InChI is InChI=1S/C17H16ClN3O4/c1-2-25-17(24)12-7-8-19-14(9-12)21-15(22)10-20-16(23)11-3-5-13(18)6-4-11/h3-9H,2,10H2,1H3,(H,20,23)(H,19,21,22). The van der Waals surface area contributed by atoms with Gasteiger partial charge in [0.2, 0.25) is 5.91 Å². The normalized spacial score (nSPS) is 10.0. The van der Waals surface area contributed by atoms with E-state index in [0.717, 1.165) is 0 Å². The van der Waals surface area contributed by atoms with Crippen LogP contribution in [0.1, 0.15) is 27.6 Å². The lowest BCUT2D eigenvalue weighted by Gasteiger charge is -2.08. The van der Waals surface area contributed by atoms with Gasteiger partial charge in [-0.1, -0.05) is 11.6 Å². The molecule has 2 aromatic rings. The van der Waals surface area contributed by atoms with E-state index >= 15 is 0 Å². The average molecular weight is 362 g/mol. The molecule has 0 spiro atoms. The maximum atomic E-state index is 11.9. The Balaban J connectivity index is 1.90. The van der Waals surface area contributed by atoms with Crippen LogP contribution < -0.4 is 10.6 Å². The first kappa shape index (κ1) is 18.4. The topological polar surface area (TPSA) is 97.4 Å². The molecule has 2 rings (SSSR count). The Hall–Kier alpha value is -2.93. The number of carbonyl (C=O) groups is 3. The van der Waals surface area contributed by atoms with Crippen molar-refractivity contribution in [2.75, 3.05) is 18.5 Å². The van der Waals surface area contributed by atoms with Crippen molar-refractivity contribution in [1.82, 2.24) is 10.3 Å². The van der Waals surface area contributed by atoms with Gasteiger partial charge >= 0.3 is 5.97 Å². The van der Waals surface area contributed by atoms with Gasteiger partial charge in [0, 0.05) is 16.8 Å². The molecule has 0 unspecified atom stereocenters. The van der Waals surface area contributed by atoms with Gasteiger partial charge in [-0.2, -0.15) is 0 Å². The summed E-state index contributed by atoms with van der Waals surface area (Å²) in [6.45, 7) is 1.71. The number of nitrogens with one attached hydrogen (secondary N) is 2. The Kier molecular flexibility index (Phi) is 6.47. The van der Waals surface area contributed by atoms with Crippen molar-refractivity contribution in [1.29, 1.82) is 0 Å². The molecule has 2 amide bonds. The number of esters is 1. The number of hydrogen-bond acceptors (Lipinski definition) is 5. The first-order valence-corrected chi connectivity index (χ1v) is 7.84. The minimum absolute atomic E-state index is 0.191. The van der Waals surface area contributed by atoms with E-state index < -0.39 is 17.8 Å². The molecule has 7 nitrogen and oxygen atoms in total. The fraction of sp³-hybridized carbons (Fsp3) is 0.176. The lowest BCUT2D eigenvalue weighted by Crippen LogP contribution is -2.33. The number of pyridine rings is 1. The Bertz CT molecular complexity index is 778. The van der Waals surface area contributed by atoms with Crippen LogP contribution in [0.5, 0.6) is 0 Å². The summed E-state index contributed by atoms with van der Waals surface area (Å²) in [4.78, 5) is 39.4. The molecule has 130 valence electrons. The highest BCUT2D eigenvalue weighted by Crippen LogP contribution is 2.10. The molecule has 1 aromatic heterocycles. The number of carbonyl (C=O) groups excluding carboxylic acids is 3. The zero-order valence-corrected chi connectivity index (χ0v) is 14.2. The molecule has 0 saturated heterocycles. The zero-order chi connectivity index (χ0) is 18.2. The number of nitrogens with zero attached hydrogens (tertiary/aromatic N) is 1. The van der Waals surface area contributed by atoms with Crippen molar-refractivity contribution >= 4 is 35.2 Å². The van der Waals surface area contributed by atoms with Crippen LogP contribution in [-0.4, -0.2) is 35.9 Å². The highest BCUT2D eigenvalue weighted by atomic mass is 35.5. The van der Waals surface area contributed by atoms with E-state index in [-0.39, 0.29) is 24.5 Å². The van der Waals surface area contributed by atoms with Crippen molar-refractivity contribution in [3.63, 3.8) is 0 Å². The lowest BCUT2D eigenvalue weighted by atomic mass is 10.2. The van der Waals surface area contributed by atoms with E-state index in [0.29, 0.717) is 10.6 Å². The third kappa shape index (κ3) is 5.58. The molecule has 0 aliphatic carbocycles. The highest BCUT2D eigenvalue weighted by molar-refractivity contribution is 6.30. The van der Waals surface area contributed by atoms with Crippen LogP contribution in [0.3, 0.4) is 0 Å². The van der Waals surface area contributed by atoms with Crippen LogP contribution in [-0.2, 0) is 9.53 Å². The second-order valence-electron chi connectivity index (χ2n) is 4.89. The number of aromatic nitrogens is 1. The minimum Gasteiger partial charge on any atom is -0.462 e. The van der Waals surface area contributed by atoms with Crippen LogP contribution in [0.2, 0.25) is 5.02 Å². The average Bonchev–Trinajstić information content (AvgIpc) is 2.61. The Morgan fingerprint density at radius 1 is 1.12 bits per heavy atom. The van der Waals surface area contributed by atoms with Gasteiger partial charge in [-0.3, -0.25) is 9.59 Å².